The molecule has 1 rings (SSSR count). The minimum absolute atomic E-state index is 0.402. The fourth-order valence-electron chi connectivity index (χ4n) is 0.864. The molecule has 0 atom stereocenters. The lowest BCUT2D eigenvalue weighted by molar-refractivity contribution is 0.0872. The van der Waals surface area contributed by atoms with Crippen LogP contribution in [0.25, 0.3) is 0 Å². The van der Waals surface area contributed by atoms with Crippen molar-refractivity contribution in [1.29, 1.82) is 5.26 Å². The van der Waals surface area contributed by atoms with E-state index in [0.717, 1.165) is 22.2 Å². The monoisotopic (exact) mass is 193 g/mol. The predicted molar refractivity (Wildman–Crippen MR) is 49.3 cm³/mol. The van der Waals surface area contributed by atoms with Crippen LogP contribution >= 0.6 is 0 Å². The number of hydrogen-bond donors (Lipinski definition) is 0. The Morgan fingerprint density at radius 3 is 3.31 bits per heavy atom. The van der Waals surface area contributed by atoms with Gasteiger partial charge in [0.25, 0.3) is 0 Å². The Labute approximate surface area is 80.0 Å². The second kappa shape index (κ2) is 5.51. The maximum Gasteiger partial charge on any atom is 0.214 e. The topological polar surface area (TPSA) is 50.8 Å². The summed E-state index contributed by atoms with van der Waals surface area (Å²) in [4.78, 5) is 3.86. The molecule has 0 saturated heterocycles. The van der Waals surface area contributed by atoms with E-state index in [1.54, 1.807) is 17.0 Å². The Kier molecular flexibility index (Phi) is 4.22. The second-order valence-electron chi connectivity index (χ2n) is 2.47. The molecule has 0 aliphatic rings. The Balaban J connectivity index is 2.33. The smallest absolute Gasteiger partial charge is 0.214 e. The van der Waals surface area contributed by atoms with Crippen LogP contribution in [-0.2, 0) is 11.5 Å². The zero-order valence-electron chi connectivity index (χ0n) is 7.53. The van der Waals surface area contributed by atoms with Crippen molar-refractivity contribution in [3.05, 3.63) is 18.2 Å². The molecular weight excluding hydrogens is 182 g/mol. The SMILES string of the molecule is C[Si]CCOCn1ccnc1C#N. The molecule has 0 saturated carbocycles. The van der Waals surface area contributed by atoms with E-state index >= 15 is 0 Å². The number of rotatable bonds is 5. The number of ether oxygens (including phenoxy) is 1. The number of hydrogen-bond acceptors (Lipinski definition) is 3. The average molecular weight is 193 g/mol. The Bertz CT molecular complexity index is 292. The van der Waals surface area contributed by atoms with Crippen LogP contribution in [0.2, 0.25) is 12.6 Å². The molecule has 4 nitrogen and oxygen atoms in total. The molecule has 1 aromatic heterocycles. The van der Waals surface area contributed by atoms with Crippen LogP contribution in [0.5, 0.6) is 0 Å². The van der Waals surface area contributed by atoms with E-state index in [2.05, 4.69) is 11.5 Å². The molecule has 0 N–H and O–H groups in total. The summed E-state index contributed by atoms with van der Waals surface area (Å²) in [7, 11) is 0.915. The summed E-state index contributed by atoms with van der Waals surface area (Å²) in [5, 5.41) is 8.62. The summed E-state index contributed by atoms with van der Waals surface area (Å²) >= 11 is 0. The van der Waals surface area contributed by atoms with Gasteiger partial charge in [-0.2, -0.15) is 5.26 Å². The molecule has 0 fully saturated rings. The minimum atomic E-state index is 0.402. The molecule has 68 valence electrons. The highest BCUT2D eigenvalue weighted by molar-refractivity contribution is 6.33. The van der Waals surface area contributed by atoms with Gasteiger partial charge in [0.15, 0.2) is 0 Å². The fraction of sp³-hybridized carbons (Fsp3) is 0.500. The van der Waals surface area contributed by atoms with Gasteiger partial charge in [0.2, 0.25) is 5.82 Å². The molecule has 1 aromatic rings. The van der Waals surface area contributed by atoms with Gasteiger partial charge in [0.05, 0.1) is 0 Å². The third-order valence-electron chi connectivity index (χ3n) is 1.54. The van der Waals surface area contributed by atoms with Gasteiger partial charge in [-0.25, -0.2) is 4.98 Å². The van der Waals surface area contributed by atoms with E-state index in [4.69, 9.17) is 10.00 Å². The first-order chi connectivity index (χ1) is 6.38. The summed E-state index contributed by atoms with van der Waals surface area (Å²) in [6, 6.07) is 3.07. The van der Waals surface area contributed by atoms with Gasteiger partial charge in [0, 0.05) is 28.5 Å². The van der Waals surface area contributed by atoms with E-state index in [1.165, 1.54) is 0 Å². The quantitative estimate of drug-likeness (QED) is 0.515. The number of nitriles is 1. The highest BCUT2D eigenvalue weighted by atomic mass is 28.2. The standard InChI is InChI=1S/C8H11N3OSi/c1-13-5-4-12-7-11-3-2-10-8(11)6-9/h2-3H,4-5,7H2,1H3. The molecule has 0 amide bonds. The van der Waals surface area contributed by atoms with Crippen LogP contribution in [0.1, 0.15) is 5.82 Å². The minimum Gasteiger partial charge on any atom is -0.361 e. The molecule has 0 spiro atoms. The van der Waals surface area contributed by atoms with Crippen molar-refractivity contribution >= 4 is 9.52 Å². The molecule has 0 aliphatic heterocycles. The maximum atomic E-state index is 8.62. The number of aromatic nitrogens is 2. The average Bonchev–Trinajstić information content (AvgIpc) is 2.60. The summed E-state index contributed by atoms with van der Waals surface area (Å²) in [5.41, 5.74) is 0. The summed E-state index contributed by atoms with van der Waals surface area (Å²) < 4.78 is 7.03. The van der Waals surface area contributed by atoms with Crippen molar-refractivity contribution in [2.45, 2.75) is 19.3 Å². The van der Waals surface area contributed by atoms with Crippen molar-refractivity contribution in [3.63, 3.8) is 0 Å². The van der Waals surface area contributed by atoms with Crippen LogP contribution in [-0.4, -0.2) is 25.7 Å². The number of nitrogens with zero attached hydrogens (tertiary/aromatic N) is 3. The van der Waals surface area contributed by atoms with Crippen LogP contribution < -0.4 is 0 Å². The van der Waals surface area contributed by atoms with Gasteiger partial charge in [-0.3, -0.25) is 4.57 Å². The first-order valence-electron chi connectivity index (χ1n) is 4.02. The molecule has 0 unspecified atom stereocenters. The van der Waals surface area contributed by atoms with Gasteiger partial charge < -0.3 is 4.74 Å². The van der Waals surface area contributed by atoms with Crippen molar-refractivity contribution in [1.82, 2.24) is 9.55 Å². The Morgan fingerprint density at radius 1 is 1.77 bits per heavy atom. The van der Waals surface area contributed by atoms with Gasteiger partial charge in [-0.05, 0) is 6.04 Å². The maximum absolute atomic E-state index is 8.62. The van der Waals surface area contributed by atoms with Gasteiger partial charge >= 0.3 is 0 Å². The van der Waals surface area contributed by atoms with E-state index in [0.29, 0.717) is 12.6 Å². The zero-order chi connectivity index (χ0) is 9.52. The molecule has 0 aliphatic carbocycles. The zero-order valence-corrected chi connectivity index (χ0v) is 8.53. The lowest BCUT2D eigenvalue weighted by Crippen LogP contribution is -2.05. The van der Waals surface area contributed by atoms with Gasteiger partial charge in [-0.1, -0.05) is 6.55 Å². The largest absolute Gasteiger partial charge is 0.361 e. The Morgan fingerprint density at radius 2 is 2.62 bits per heavy atom. The summed E-state index contributed by atoms with van der Waals surface area (Å²) in [6.45, 7) is 3.31. The normalized spacial score (nSPS) is 9.85. The lowest BCUT2D eigenvalue weighted by atomic mass is 10.7. The van der Waals surface area contributed by atoms with Crippen molar-refractivity contribution < 1.29 is 4.74 Å². The molecule has 0 aromatic carbocycles. The van der Waals surface area contributed by atoms with E-state index < -0.39 is 0 Å². The van der Waals surface area contributed by atoms with Crippen LogP contribution in [0.4, 0.5) is 0 Å². The van der Waals surface area contributed by atoms with E-state index in [-0.39, 0.29) is 0 Å². The van der Waals surface area contributed by atoms with Gasteiger partial charge in [0.1, 0.15) is 12.8 Å². The van der Waals surface area contributed by atoms with E-state index in [9.17, 15) is 0 Å². The first-order valence-corrected chi connectivity index (χ1v) is 5.72. The molecule has 5 heteroatoms. The second-order valence-corrected chi connectivity index (χ2v) is 3.68. The van der Waals surface area contributed by atoms with Crippen LogP contribution in [0.15, 0.2) is 12.4 Å². The molecule has 0 bridgehead atoms. The van der Waals surface area contributed by atoms with Crippen LogP contribution in [0, 0.1) is 11.3 Å². The first kappa shape index (κ1) is 9.96. The highest BCUT2D eigenvalue weighted by Crippen LogP contribution is 1.96. The molecule has 13 heavy (non-hydrogen) atoms. The predicted octanol–water partition coefficient (Wildman–Crippen LogP) is 0.899. The third-order valence-corrected chi connectivity index (χ3v) is 2.25. The summed E-state index contributed by atoms with van der Waals surface area (Å²) in [5.74, 6) is 0.402. The fourth-order valence-corrected chi connectivity index (χ4v) is 1.21. The molecule has 2 radical (unpaired) electrons. The molecular formula is C8H11N3OSi. The van der Waals surface area contributed by atoms with Crippen molar-refractivity contribution in [2.75, 3.05) is 6.61 Å². The third kappa shape index (κ3) is 3.01. The van der Waals surface area contributed by atoms with Crippen LogP contribution in [0.3, 0.4) is 0 Å². The number of imidazole rings is 1. The highest BCUT2D eigenvalue weighted by Gasteiger charge is 1.99. The Hall–Kier alpha value is -1.12. The lowest BCUT2D eigenvalue weighted by Gasteiger charge is -2.03. The van der Waals surface area contributed by atoms with Crippen molar-refractivity contribution in [2.24, 2.45) is 0 Å². The molecule has 1 heterocycles. The van der Waals surface area contributed by atoms with E-state index in [1.807, 2.05) is 6.07 Å². The van der Waals surface area contributed by atoms with Gasteiger partial charge in [-0.15, -0.1) is 0 Å². The van der Waals surface area contributed by atoms with Crippen molar-refractivity contribution in [3.8, 4) is 6.07 Å². The summed E-state index contributed by atoms with van der Waals surface area (Å²) in [6.07, 6.45) is 3.34.